The van der Waals surface area contributed by atoms with Gasteiger partial charge in [-0.3, -0.25) is 0 Å². The van der Waals surface area contributed by atoms with Crippen LogP contribution < -0.4 is 15.4 Å². The summed E-state index contributed by atoms with van der Waals surface area (Å²) in [5.74, 6) is 0.622. The average molecular weight is 457 g/mol. The first kappa shape index (κ1) is 22.9. The van der Waals surface area contributed by atoms with Gasteiger partial charge in [0.15, 0.2) is 0 Å². The molecule has 0 aliphatic heterocycles. The van der Waals surface area contributed by atoms with Crippen LogP contribution in [0.4, 0.5) is 36.3 Å². The smallest absolute Gasteiger partial charge is 0.421 e. The molecule has 1 aliphatic carbocycles. The van der Waals surface area contributed by atoms with Gasteiger partial charge in [0, 0.05) is 11.9 Å². The van der Waals surface area contributed by atoms with Crippen molar-refractivity contribution in [2.24, 2.45) is 0 Å². The van der Waals surface area contributed by atoms with Crippen molar-refractivity contribution in [2.45, 2.75) is 57.7 Å². The first-order valence-electron chi connectivity index (χ1n) is 11.1. The largest absolute Gasteiger partial charge is 0.488 e. The van der Waals surface area contributed by atoms with Crippen molar-refractivity contribution < 1.29 is 17.9 Å². The van der Waals surface area contributed by atoms with Gasteiger partial charge in [0.2, 0.25) is 5.95 Å². The predicted octanol–water partition coefficient (Wildman–Crippen LogP) is 7.43. The first-order chi connectivity index (χ1) is 15.8. The number of aromatic nitrogens is 2. The van der Waals surface area contributed by atoms with Crippen LogP contribution in [-0.2, 0) is 6.18 Å². The number of alkyl halides is 3. The first-order valence-corrected chi connectivity index (χ1v) is 11.1. The Kier molecular flexibility index (Phi) is 6.72. The maximum Gasteiger partial charge on any atom is 0.421 e. The van der Waals surface area contributed by atoms with Crippen molar-refractivity contribution in [1.29, 1.82) is 0 Å². The molecule has 0 bridgehead atoms. The molecular weight excluding hydrogens is 429 g/mol. The standard InChI is InChI=1S/C25H27F3N4O/c1-16(2)17-11-13-18(14-12-17)30-24-29-15-20(25(26,27)28)23(32-24)31-21-9-5-6-10-22(21)33-19-7-3-4-8-19/h5-6,9-16,19H,3-4,7-8H2,1-2H3,(H2,29,30,31,32). The number of benzene rings is 2. The molecule has 4 rings (SSSR count). The fraction of sp³-hybridized carbons (Fsp3) is 0.360. The van der Waals surface area contributed by atoms with E-state index in [-0.39, 0.29) is 17.9 Å². The van der Waals surface area contributed by atoms with Gasteiger partial charge in [0.05, 0.1) is 11.8 Å². The molecule has 0 spiro atoms. The Bertz CT molecular complexity index is 1080. The van der Waals surface area contributed by atoms with Gasteiger partial charge in [-0.1, -0.05) is 38.1 Å². The molecule has 2 aromatic carbocycles. The van der Waals surface area contributed by atoms with E-state index in [1.54, 1.807) is 24.3 Å². The van der Waals surface area contributed by atoms with Crippen molar-refractivity contribution in [3.05, 3.63) is 65.9 Å². The van der Waals surface area contributed by atoms with Crippen molar-refractivity contribution in [3.8, 4) is 5.75 Å². The minimum absolute atomic E-state index is 0.0667. The Morgan fingerprint density at radius 1 is 0.970 bits per heavy atom. The quantitative estimate of drug-likeness (QED) is 0.387. The number of rotatable bonds is 7. The molecule has 2 N–H and O–H groups in total. The molecule has 174 valence electrons. The van der Waals surface area contributed by atoms with Gasteiger partial charge in [-0.15, -0.1) is 0 Å². The molecule has 0 unspecified atom stereocenters. The lowest BCUT2D eigenvalue weighted by molar-refractivity contribution is -0.137. The Morgan fingerprint density at radius 2 is 1.67 bits per heavy atom. The number of para-hydroxylation sites is 2. The molecule has 1 heterocycles. The van der Waals surface area contributed by atoms with Gasteiger partial charge in [0.25, 0.3) is 0 Å². The molecule has 1 saturated carbocycles. The lowest BCUT2D eigenvalue weighted by Gasteiger charge is -2.19. The SMILES string of the molecule is CC(C)c1ccc(Nc2ncc(C(F)(F)F)c(Nc3ccccc3OC3CCCC3)n2)cc1. The maximum absolute atomic E-state index is 13.7. The van der Waals surface area contributed by atoms with Gasteiger partial charge in [-0.05, 0) is 61.4 Å². The number of hydrogen-bond acceptors (Lipinski definition) is 5. The number of halogens is 3. The third-order valence-electron chi connectivity index (χ3n) is 5.66. The van der Waals surface area contributed by atoms with E-state index in [1.165, 1.54) is 0 Å². The van der Waals surface area contributed by atoms with Crippen LogP contribution in [0.2, 0.25) is 0 Å². The fourth-order valence-electron chi connectivity index (χ4n) is 3.81. The summed E-state index contributed by atoms with van der Waals surface area (Å²) in [7, 11) is 0. The zero-order chi connectivity index (χ0) is 23.4. The van der Waals surface area contributed by atoms with Crippen molar-refractivity contribution in [3.63, 3.8) is 0 Å². The molecule has 5 nitrogen and oxygen atoms in total. The van der Waals surface area contributed by atoms with Crippen molar-refractivity contribution in [2.75, 3.05) is 10.6 Å². The summed E-state index contributed by atoms with van der Waals surface area (Å²) in [6.07, 6.45) is 0.335. The van der Waals surface area contributed by atoms with E-state index in [2.05, 4.69) is 34.4 Å². The van der Waals surface area contributed by atoms with Crippen LogP contribution in [0.3, 0.4) is 0 Å². The molecular formula is C25H27F3N4O. The Labute approximate surface area is 191 Å². The summed E-state index contributed by atoms with van der Waals surface area (Å²) in [6, 6.07) is 14.6. The number of nitrogens with zero attached hydrogens (tertiary/aromatic N) is 2. The molecule has 33 heavy (non-hydrogen) atoms. The monoisotopic (exact) mass is 456 g/mol. The molecule has 3 aromatic rings. The Hall–Kier alpha value is -3.29. The van der Waals surface area contributed by atoms with Crippen molar-refractivity contribution >= 4 is 23.1 Å². The average Bonchev–Trinajstić information content (AvgIpc) is 3.28. The summed E-state index contributed by atoms with van der Waals surface area (Å²) >= 11 is 0. The normalized spacial score (nSPS) is 14.5. The highest BCUT2D eigenvalue weighted by atomic mass is 19.4. The van der Waals surface area contributed by atoms with E-state index in [9.17, 15) is 13.2 Å². The lowest BCUT2D eigenvalue weighted by atomic mass is 10.0. The molecule has 1 aromatic heterocycles. The van der Waals surface area contributed by atoms with Gasteiger partial charge in [-0.25, -0.2) is 4.98 Å². The highest BCUT2D eigenvalue weighted by Crippen LogP contribution is 2.38. The highest BCUT2D eigenvalue weighted by Gasteiger charge is 2.35. The zero-order valence-corrected chi connectivity index (χ0v) is 18.6. The summed E-state index contributed by atoms with van der Waals surface area (Å²) in [5.41, 5.74) is 1.34. The number of nitrogens with one attached hydrogen (secondary N) is 2. The number of ether oxygens (including phenoxy) is 1. The molecule has 0 amide bonds. The van der Waals surface area contributed by atoms with Crippen LogP contribution in [-0.4, -0.2) is 16.1 Å². The summed E-state index contributed by atoms with van der Waals surface area (Å²) in [6.45, 7) is 4.18. The minimum Gasteiger partial charge on any atom is -0.488 e. The maximum atomic E-state index is 13.7. The van der Waals surface area contributed by atoms with Gasteiger partial charge >= 0.3 is 6.18 Å². The topological polar surface area (TPSA) is 59.1 Å². The van der Waals surface area contributed by atoms with E-state index in [0.717, 1.165) is 37.4 Å². The van der Waals surface area contributed by atoms with Gasteiger partial charge in [-0.2, -0.15) is 18.2 Å². The van der Waals surface area contributed by atoms with Crippen LogP contribution in [0.1, 0.15) is 56.6 Å². The van der Waals surface area contributed by atoms with Crippen LogP contribution in [0.15, 0.2) is 54.7 Å². The lowest BCUT2D eigenvalue weighted by Crippen LogP contribution is -2.14. The van der Waals surface area contributed by atoms with E-state index < -0.39 is 11.7 Å². The fourth-order valence-corrected chi connectivity index (χ4v) is 3.81. The molecule has 0 saturated heterocycles. The van der Waals surface area contributed by atoms with Crippen LogP contribution in [0.25, 0.3) is 0 Å². The van der Waals surface area contributed by atoms with E-state index in [0.29, 0.717) is 23.0 Å². The van der Waals surface area contributed by atoms with E-state index in [4.69, 9.17) is 4.74 Å². The Balaban J connectivity index is 1.61. The third kappa shape index (κ3) is 5.74. The highest BCUT2D eigenvalue weighted by molar-refractivity contribution is 5.67. The third-order valence-corrected chi connectivity index (χ3v) is 5.66. The molecule has 8 heteroatoms. The molecule has 0 atom stereocenters. The van der Waals surface area contributed by atoms with Crippen LogP contribution >= 0.6 is 0 Å². The van der Waals surface area contributed by atoms with Crippen LogP contribution in [0.5, 0.6) is 5.75 Å². The minimum atomic E-state index is -4.61. The van der Waals surface area contributed by atoms with Gasteiger partial charge < -0.3 is 15.4 Å². The Morgan fingerprint density at radius 3 is 2.33 bits per heavy atom. The van der Waals surface area contributed by atoms with E-state index in [1.807, 2.05) is 24.3 Å². The summed E-state index contributed by atoms with van der Waals surface area (Å²) in [5, 5.41) is 5.82. The van der Waals surface area contributed by atoms with Gasteiger partial charge in [0.1, 0.15) is 17.1 Å². The predicted molar refractivity (Wildman–Crippen MR) is 123 cm³/mol. The number of hydrogen-bond donors (Lipinski definition) is 2. The van der Waals surface area contributed by atoms with E-state index >= 15 is 0 Å². The summed E-state index contributed by atoms with van der Waals surface area (Å²) < 4.78 is 47.1. The zero-order valence-electron chi connectivity index (χ0n) is 18.6. The molecule has 1 aliphatic rings. The number of anilines is 4. The molecule has 0 radical (unpaired) electrons. The second-order valence-electron chi connectivity index (χ2n) is 8.50. The van der Waals surface area contributed by atoms with Crippen molar-refractivity contribution in [1.82, 2.24) is 9.97 Å². The second kappa shape index (κ2) is 9.68. The van der Waals surface area contributed by atoms with Crippen LogP contribution in [0, 0.1) is 0 Å². The summed E-state index contributed by atoms with van der Waals surface area (Å²) in [4.78, 5) is 8.04. The molecule has 1 fully saturated rings. The second-order valence-corrected chi connectivity index (χ2v) is 8.50.